The van der Waals surface area contributed by atoms with Crippen molar-refractivity contribution in [3.05, 3.63) is 0 Å². The van der Waals surface area contributed by atoms with Crippen LogP contribution in [-0.2, 0) is 0 Å². The lowest BCUT2D eigenvalue weighted by Crippen LogP contribution is -2.47. The zero-order valence-corrected chi connectivity index (χ0v) is 9.03. The van der Waals surface area contributed by atoms with Gasteiger partial charge in [-0.25, -0.2) is 0 Å². The topological polar surface area (TPSA) is 15.3 Å². The van der Waals surface area contributed by atoms with Crippen LogP contribution in [0.2, 0.25) is 0 Å². The minimum Gasteiger partial charge on any atom is -0.306 e. The van der Waals surface area contributed by atoms with Gasteiger partial charge in [0, 0.05) is 6.04 Å². The standard InChI is InChI=1S/C9H14F6N2/c10-8(11,12)5-16-7-1-3-17(4-2-7)6-9(13,14)15/h7,16H,1-6H2. The molecule has 0 aromatic carbocycles. The Balaban J connectivity index is 2.22. The summed E-state index contributed by atoms with van der Waals surface area (Å²) in [5.74, 6) is 0. The molecule has 1 N–H and O–H groups in total. The van der Waals surface area contributed by atoms with Crippen LogP contribution in [0, 0.1) is 0 Å². The Labute approximate surface area is 95.0 Å². The Bertz CT molecular complexity index is 229. The average Bonchev–Trinajstić information content (AvgIpc) is 2.13. The number of nitrogens with zero attached hydrogens (tertiary/aromatic N) is 1. The van der Waals surface area contributed by atoms with Gasteiger partial charge < -0.3 is 5.32 Å². The van der Waals surface area contributed by atoms with Gasteiger partial charge >= 0.3 is 12.4 Å². The first-order valence-electron chi connectivity index (χ1n) is 5.25. The van der Waals surface area contributed by atoms with E-state index in [9.17, 15) is 26.3 Å². The minimum absolute atomic E-state index is 0.176. The number of nitrogens with one attached hydrogen (secondary N) is 1. The highest BCUT2D eigenvalue weighted by atomic mass is 19.4. The van der Waals surface area contributed by atoms with Gasteiger partial charge in [0.1, 0.15) is 0 Å². The highest BCUT2D eigenvalue weighted by molar-refractivity contribution is 4.79. The second kappa shape index (κ2) is 5.43. The van der Waals surface area contributed by atoms with Crippen molar-refractivity contribution in [2.24, 2.45) is 0 Å². The van der Waals surface area contributed by atoms with Gasteiger partial charge in [0.25, 0.3) is 0 Å². The maximum atomic E-state index is 12.0. The smallest absolute Gasteiger partial charge is 0.306 e. The highest BCUT2D eigenvalue weighted by Gasteiger charge is 2.33. The van der Waals surface area contributed by atoms with Crippen LogP contribution in [0.25, 0.3) is 0 Å². The Morgan fingerprint density at radius 2 is 1.47 bits per heavy atom. The number of likely N-dealkylation sites (tertiary alicyclic amines) is 1. The molecule has 1 rings (SSSR count). The second-order valence-corrected chi connectivity index (χ2v) is 4.16. The van der Waals surface area contributed by atoms with Crippen LogP contribution in [-0.4, -0.2) is 49.5 Å². The fourth-order valence-corrected chi connectivity index (χ4v) is 1.81. The van der Waals surface area contributed by atoms with Gasteiger partial charge in [-0.1, -0.05) is 0 Å². The van der Waals surface area contributed by atoms with E-state index in [0.717, 1.165) is 0 Å². The molecule has 0 spiro atoms. The molecule has 0 aromatic rings. The van der Waals surface area contributed by atoms with E-state index in [0.29, 0.717) is 12.8 Å². The zero-order valence-electron chi connectivity index (χ0n) is 9.03. The molecule has 1 aliphatic rings. The molecular weight excluding hydrogens is 250 g/mol. The minimum atomic E-state index is -4.27. The molecule has 0 aromatic heterocycles. The van der Waals surface area contributed by atoms with E-state index in [4.69, 9.17) is 0 Å². The van der Waals surface area contributed by atoms with Crippen molar-refractivity contribution in [3.8, 4) is 0 Å². The van der Waals surface area contributed by atoms with E-state index < -0.39 is 25.4 Å². The second-order valence-electron chi connectivity index (χ2n) is 4.16. The third-order valence-corrected chi connectivity index (χ3v) is 2.58. The number of hydrogen-bond acceptors (Lipinski definition) is 2. The Kier molecular flexibility index (Phi) is 4.65. The molecule has 2 nitrogen and oxygen atoms in total. The molecule has 102 valence electrons. The first-order valence-corrected chi connectivity index (χ1v) is 5.25. The van der Waals surface area contributed by atoms with E-state index in [1.807, 2.05) is 0 Å². The van der Waals surface area contributed by atoms with E-state index in [1.165, 1.54) is 4.90 Å². The molecule has 1 saturated heterocycles. The number of rotatable bonds is 3. The quantitative estimate of drug-likeness (QED) is 0.786. The lowest BCUT2D eigenvalue weighted by atomic mass is 10.1. The van der Waals surface area contributed by atoms with Gasteiger partial charge in [-0.2, -0.15) is 26.3 Å². The van der Waals surface area contributed by atoms with E-state index in [-0.39, 0.29) is 19.1 Å². The van der Waals surface area contributed by atoms with Crippen molar-refractivity contribution >= 4 is 0 Å². The van der Waals surface area contributed by atoms with Crippen molar-refractivity contribution in [1.82, 2.24) is 10.2 Å². The molecule has 1 heterocycles. The van der Waals surface area contributed by atoms with Gasteiger partial charge in [-0.3, -0.25) is 4.90 Å². The lowest BCUT2D eigenvalue weighted by molar-refractivity contribution is -0.148. The molecule has 8 heteroatoms. The molecule has 0 aliphatic carbocycles. The van der Waals surface area contributed by atoms with Gasteiger partial charge in [-0.15, -0.1) is 0 Å². The zero-order chi connectivity index (χ0) is 13.1. The molecule has 0 amide bonds. The summed E-state index contributed by atoms with van der Waals surface area (Å²) in [4.78, 5) is 1.21. The fourth-order valence-electron chi connectivity index (χ4n) is 1.81. The van der Waals surface area contributed by atoms with E-state index >= 15 is 0 Å². The van der Waals surface area contributed by atoms with E-state index in [2.05, 4.69) is 5.32 Å². The average molecular weight is 264 g/mol. The normalized spacial score (nSPS) is 20.8. The summed E-state index contributed by atoms with van der Waals surface area (Å²) >= 11 is 0. The number of halogens is 6. The highest BCUT2D eigenvalue weighted by Crippen LogP contribution is 2.20. The molecule has 1 aliphatic heterocycles. The van der Waals surface area contributed by atoms with Crippen LogP contribution >= 0.6 is 0 Å². The molecule has 0 unspecified atom stereocenters. The predicted molar refractivity (Wildman–Crippen MR) is 49.6 cm³/mol. The third kappa shape index (κ3) is 6.72. The molecule has 0 bridgehead atoms. The largest absolute Gasteiger partial charge is 0.401 e. The Hall–Kier alpha value is -0.500. The summed E-state index contributed by atoms with van der Waals surface area (Å²) in [5.41, 5.74) is 0. The molecule has 0 radical (unpaired) electrons. The Morgan fingerprint density at radius 1 is 0.941 bits per heavy atom. The van der Waals surface area contributed by atoms with Gasteiger partial charge in [0.2, 0.25) is 0 Å². The SMILES string of the molecule is FC(F)(F)CNC1CCN(CC(F)(F)F)CC1. The predicted octanol–water partition coefficient (Wildman–Crippen LogP) is 2.17. The first kappa shape index (κ1) is 14.6. The Morgan fingerprint density at radius 3 is 1.88 bits per heavy atom. The van der Waals surface area contributed by atoms with E-state index in [1.54, 1.807) is 0 Å². The molecule has 1 fully saturated rings. The number of alkyl halides is 6. The summed E-state index contributed by atoms with van der Waals surface area (Å²) in [6.45, 7) is -1.72. The van der Waals surface area contributed by atoms with Crippen LogP contribution in [0.4, 0.5) is 26.3 Å². The summed E-state index contributed by atoms with van der Waals surface area (Å²) < 4.78 is 71.8. The van der Waals surface area contributed by atoms with Crippen molar-refractivity contribution in [1.29, 1.82) is 0 Å². The van der Waals surface area contributed by atoms with Crippen LogP contribution in [0.3, 0.4) is 0 Å². The first-order chi connectivity index (χ1) is 7.66. The van der Waals surface area contributed by atoms with Gasteiger partial charge in [0.05, 0.1) is 13.1 Å². The molecule has 0 saturated carbocycles. The third-order valence-electron chi connectivity index (χ3n) is 2.58. The molecule has 17 heavy (non-hydrogen) atoms. The van der Waals surface area contributed by atoms with Crippen LogP contribution < -0.4 is 5.32 Å². The van der Waals surface area contributed by atoms with Crippen molar-refractivity contribution < 1.29 is 26.3 Å². The monoisotopic (exact) mass is 264 g/mol. The number of hydrogen-bond donors (Lipinski definition) is 1. The summed E-state index contributed by atoms with van der Waals surface area (Å²) in [7, 11) is 0. The molecular formula is C9H14F6N2. The van der Waals surface area contributed by atoms with Crippen molar-refractivity contribution in [2.75, 3.05) is 26.2 Å². The summed E-state index contributed by atoms with van der Waals surface area (Å²) in [5, 5.41) is 2.31. The van der Waals surface area contributed by atoms with Crippen molar-refractivity contribution in [2.45, 2.75) is 31.2 Å². The summed E-state index contributed by atoms with van der Waals surface area (Å²) in [6, 6.07) is -0.346. The van der Waals surface area contributed by atoms with Gasteiger partial charge in [0.15, 0.2) is 0 Å². The van der Waals surface area contributed by atoms with Gasteiger partial charge in [-0.05, 0) is 25.9 Å². The maximum absolute atomic E-state index is 12.0. The van der Waals surface area contributed by atoms with Crippen LogP contribution in [0.5, 0.6) is 0 Å². The van der Waals surface area contributed by atoms with Crippen LogP contribution in [0.1, 0.15) is 12.8 Å². The lowest BCUT2D eigenvalue weighted by Gasteiger charge is -2.32. The summed E-state index contributed by atoms with van der Waals surface area (Å²) in [6.07, 6.45) is -7.90. The molecule has 0 atom stereocenters. The van der Waals surface area contributed by atoms with Crippen molar-refractivity contribution in [3.63, 3.8) is 0 Å². The fraction of sp³-hybridized carbons (Fsp3) is 1.00. The maximum Gasteiger partial charge on any atom is 0.401 e. The number of piperidine rings is 1. The van der Waals surface area contributed by atoms with Crippen LogP contribution in [0.15, 0.2) is 0 Å².